The third kappa shape index (κ3) is 3.82. The Hall–Kier alpha value is -1.88. The van der Waals surface area contributed by atoms with Gasteiger partial charge >= 0.3 is 0 Å². The first-order valence-corrected chi connectivity index (χ1v) is 7.14. The molecule has 2 aromatic carbocycles. The molecule has 0 N–H and O–H groups in total. The third-order valence-electron chi connectivity index (χ3n) is 3.06. The van der Waals surface area contributed by atoms with Crippen molar-refractivity contribution in [3.05, 3.63) is 63.9 Å². The lowest BCUT2D eigenvalue weighted by atomic mass is 10.1. The van der Waals surface area contributed by atoms with Crippen molar-refractivity contribution in [3.63, 3.8) is 0 Å². The Morgan fingerprint density at radius 1 is 1.29 bits per heavy atom. The van der Waals surface area contributed by atoms with Gasteiger partial charge in [-0.05, 0) is 51.8 Å². The maximum Gasteiger partial charge on any atom is 0.255 e. The Morgan fingerprint density at radius 2 is 2.05 bits per heavy atom. The summed E-state index contributed by atoms with van der Waals surface area (Å²) in [6.07, 6.45) is 0. The van der Waals surface area contributed by atoms with Crippen LogP contribution in [0.4, 0.5) is 4.39 Å². The highest BCUT2D eigenvalue weighted by Gasteiger charge is 2.16. The SMILES string of the molecule is COc1ccc(Br)c(C(=O)N(C)Cc2cccc(F)c2)c1. The summed E-state index contributed by atoms with van der Waals surface area (Å²) in [4.78, 5) is 14.0. The summed E-state index contributed by atoms with van der Waals surface area (Å²) in [5.41, 5.74) is 1.25. The summed E-state index contributed by atoms with van der Waals surface area (Å²) in [5, 5.41) is 0. The molecule has 2 rings (SSSR count). The van der Waals surface area contributed by atoms with Crippen LogP contribution >= 0.6 is 15.9 Å². The molecule has 0 saturated carbocycles. The number of carbonyl (C=O) groups excluding carboxylic acids is 1. The van der Waals surface area contributed by atoms with E-state index in [4.69, 9.17) is 4.74 Å². The van der Waals surface area contributed by atoms with Crippen molar-refractivity contribution in [2.45, 2.75) is 6.54 Å². The minimum absolute atomic E-state index is 0.162. The van der Waals surface area contributed by atoms with E-state index in [9.17, 15) is 9.18 Å². The van der Waals surface area contributed by atoms with E-state index in [1.165, 1.54) is 17.0 Å². The molecule has 0 atom stereocenters. The summed E-state index contributed by atoms with van der Waals surface area (Å²) in [7, 11) is 3.23. The number of hydrogen-bond donors (Lipinski definition) is 0. The van der Waals surface area contributed by atoms with Crippen molar-refractivity contribution in [3.8, 4) is 5.75 Å². The van der Waals surface area contributed by atoms with Gasteiger partial charge in [-0.25, -0.2) is 4.39 Å². The van der Waals surface area contributed by atoms with E-state index in [1.807, 2.05) is 0 Å². The second-order valence-corrected chi connectivity index (χ2v) is 5.49. The molecule has 0 aliphatic rings. The summed E-state index contributed by atoms with van der Waals surface area (Å²) in [5.74, 6) is 0.140. The number of benzene rings is 2. The minimum Gasteiger partial charge on any atom is -0.497 e. The highest BCUT2D eigenvalue weighted by molar-refractivity contribution is 9.10. The molecule has 0 bridgehead atoms. The molecule has 2 aromatic rings. The van der Waals surface area contributed by atoms with Crippen LogP contribution in [-0.4, -0.2) is 25.0 Å². The van der Waals surface area contributed by atoms with Crippen molar-refractivity contribution in [1.29, 1.82) is 0 Å². The highest BCUT2D eigenvalue weighted by Crippen LogP contribution is 2.24. The van der Waals surface area contributed by atoms with Crippen molar-refractivity contribution in [2.24, 2.45) is 0 Å². The predicted molar refractivity (Wildman–Crippen MR) is 82.9 cm³/mol. The number of hydrogen-bond acceptors (Lipinski definition) is 2. The maximum atomic E-state index is 13.2. The second-order valence-electron chi connectivity index (χ2n) is 4.64. The molecule has 5 heteroatoms. The Morgan fingerprint density at radius 3 is 2.71 bits per heavy atom. The van der Waals surface area contributed by atoms with Gasteiger partial charge in [-0.3, -0.25) is 4.79 Å². The van der Waals surface area contributed by atoms with Gasteiger partial charge in [0.15, 0.2) is 0 Å². The number of rotatable bonds is 4. The smallest absolute Gasteiger partial charge is 0.255 e. The molecule has 3 nitrogen and oxygen atoms in total. The third-order valence-corrected chi connectivity index (χ3v) is 3.75. The van der Waals surface area contributed by atoms with E-state index in [-0.39, 0.29) is 11.7 Å². The van der Waals surface area contributed by atoms with E-state index in [0.29, 0.717) is 22.3 Å². The van der Waals surface area contributed by atoms with Crippen LogP contribution in [0.1, 0.15) is 15.9 Å². The fourth-order valence-electron chi connectivity index (χ4n) is 1.98. The summed E-state index contributed by atoms with van der Waals surface area (Å²) in [6.45, 7) is 0.334. The van der Waals surface area contributed by atoms with Crippen LogP contribution in [0.25, 0.3) is 0 Å². The van der Waals surface area contributed by atoms with Gasteiger partial charge in [0, 0.05) is 18.1 Å². The molecule has 0 unspecified atom stereocenters. The molecule has 0 radical (unpaired) electrons. The van der Waals surface area contributed by atoms with Gasteiger partial charge in [-0.1, -0.05) is 12.1 Å². The number of amides is 1. The first kappa shape index (κ1) is 15.5. The number of methoxy groups -OCH3 is 1. The summed E-state index contributed by atoms with van der Waals surface area (Å²) in [6, 6.07) is 11.4. The number of ether oxygens (including phenoxy) is 1. The van der Waals surface area contributed by atoms with Crippen LogP contribution in [0.3, 0.4) is 0 Å². The molecule has 0 aliphatic heterocycles. The number of carbonyl (C=O) groups is 1. The monoisotopic (exact) mass is 351 g/mol. The zero-order valence-electron chi connectivity index (χ0n) is 11.8. The van der Waals surface area contributed by atoms with Crippen molar-refractivity contribution in [2.75, 3.05) is 14.2 Å². The summed E-state index contributed by atoms with van der Waals surface area (Å²) >= 11 is 3.36. The Kier molecular flexibility index (Phi) is 4.96. The molecule has 0 saturated heterocycles. The van der Waals surface area contributed by atoms with Crippen LogP contribution in [0.15, 0.2) is 46.9 Å². The van der Waals surface area contributed by atoms with Crippen LogP contribution in [0, 0.1) is 5.82 Å². The summed E-state index contributed by atoms with van der Waals surface area (Å²) < 4.78 is 19.0. The Bertz CT molecular complexity index is 660. The quantitative estimate of drug-likeness (QED) is 0.836. The molecule has 0 heterocycles. The van der Waals surface area contributed by atoms with Crippen LogP contribution < -0.4 is 4.74 Å². The van der Waals surface area contributed by atoms with E-state index < -0.39 is 0 Å². The number of nitrogens with zero attached hydrogens (tertiary/aromatic N) is 1. The molecule has 21 heavy (non-hydrogen) atoms. The minimum atomic E-state index is -0.309. The molecule has 0 spiro atoms. The topological polar surface area (TPSA) is 29.5 Å². The van der Waals surface area contributed by atoms with E-state index in [1.54, 1.807) is 44.5 Å². The van der Waals surface area contributed by atoms with Crippen molar-refractivity contribution >= 4 is 21.8 Å². The lowest BCUT2D eigenvalue weighted by Crippen LogP contribution is -2.26. The van der Waals surface area contributed by atoms with Gasteiger partial charge < -0.3 is 9.64 Å². The molecule has 0 aromatic heterocycles. The van der Waals surface area contributed by atoms with Crippen LogP contribution in [0.5, 0.6) is 5.75 Å². The van der Waals surface area contributed by atoms with Crippen LogP contribution in [-0.2, 0) is 6.54 Å². The van der Waals surface area contributed by atoms with Gasteiger partial charge in [0.1, 0.15) is 11.6 Å². The zero-order chi connectivity index (χ0) is 15.4. The van der Waals surface area contributed by atoms with Crippen LogP contribution in [0.2, 0.25) is 0 Å². The lowest BCUT2D eigenvalue weighted by Gasteiger charge is -2.18. The maximum absolute atomic E-state index is 13.2. The largest absolute Gasteiger partial charge is 0.497 e. The van der Waals surface area contributed by atoms with Gasteiger partial charge in [0.05, 0.1) is 12.7 Å². The highest BCUT2D eigenvalue weighted by atomic mass is 79.9. The van der Waals surface area contributed by atoms with Crippen molar-refractivity contribution in [1.82, 2.24) is 4.90 Å². The first-order valence-electron chi connectivity index (χ1n) is 6.34. The molecule has 0 aliphatic carbocycles. The Labute approximate surface area is 131 Å². The second kappa shape index (κ2) is 6.72. The molecular weight excluding hydrogens is 337 g/mol. The Balaban J connectivity index is 2.19. The standard InChI is InChI=1S/C16H15BrFNO2/c1-19(10-11-4-3-5-12(18)8-11)16(20)14-9-13(21-2)6-7-15(14)17/h3-9H,10H2,1-2H3. The average molecular weight is 352 g/mol. The normalized spacial score (nSPS) is 10.3. The zero-order valence-corrected chi connectivity index (χ0v) is 13.4. The van der Waals surface area contributed by atoms with E-state index in [0.717, 1.165) is 5.56 Å². The molecule has 110 valence electrons. The van der Waals surface area contributed by atoms with Gasteiger partial charge in [-0.2, -0.15) is 0 Å². The molecular formula is C16H15BrFNO2. The fraction of sp³-hybridized carbons (Fsp3) is 0.188. The van der Waals surface area contributed by atoms with Crippen molar-refractivity contribution < 1.29 is 13.9 Å². The van der Waals surface area contributed by atoms with Gasteiger partial charge in [0.25, 0.3) is 5.91 Å². The fourth-order valence-corrected chi connectivity index (χ4v) is 2.40. The molecule has 1 amide bonds. The molecule has 0 fully saturated rings. The first-order chi connectivity index (χ1) is 10.0. The van der Waals surface area contributed by atoms with Gasteiger partial charge in [-0.15, -0.1) is 0 Å². The van der Waals surface area contributed by atoms with Gasteiger partial charge in [0.2, 0.25) is 0 Å². The van der Waals surface area contributed by atoms with E-state index >= 15 is 0 Å². The average Bonchev–Trinajstić information content (AvgIpc) is 2.47. The number of halogens is 2. The predicted octanol–water partition coefficient (Wildman–Crippen LogP) is 3.87. The van der Waals surface area contributed by atoms with E-state index in [2.05, 4.69) is 15.9 Å². The lowest BCUT2D eigenvalue weighted by molar-refractivity contribution is 0.0783.